The van der Waals surface area contributed by atoms with E-state index in [0.29, 0.717) is 17.8 Å². The fourth-order valence-electron chi connectivity index (χ4n) is 5.07. The summed E-state index contributed by atoms with van der Waals surface area (Å²) >= 11 is 0. The number of morpholine rings is 1. The first-order valence-corrected chi connectivity index (χ1v) is 11.5. The molecule has 6 rings (SSSR count). The third kappa shape index (κ3) is 3.55. The summed E-state index contributed by atoms with van der Waals surface area (Å²) in [5.41, 5.74) is 4.16. The molecule has 0 bridgehead atoms. The van der Waals surface area contributed by atoms with Gasteiger partial charge in [0, 0.05) is 43.4 Å². The van der Waals surface area contributed by atoms with Crippen LogP contribution in [-0.4, -0.2) is 59.1 Å². The number of ether oxygens (including phenoxy) is 1. The van der Waals surface area contributed by atoms with E-state index in [4.69, 9.17) is 9.72 Å². The normalized spacial score (nSPS) is 19.5. The maximum absolute atomic E-state index is 13.3. The second kappa shape index (κ2) is 8.00. The van der Waals surface area contributed by atoms with Crippen molar-refractivity contribution in [2.45, 2.75) is 39.1 Å². The van der Waals surface area contributed by atoms with E-state index in [-0.39, 0.29) is 17.9 Å². The third-order valence-electron chi connectivity index (χ3n) is 6.49. The van der Waals surface area contributed by atoms with E-state index >= 15 is 0 Å². The minimum absolute atomic E-state index is 0.203. The zero-order chi connectivity index (χ0) is 23.4. The van der Waals surface area contributed by atoms with Gasteiger partial charge in [-0.2, -0.15) is 5.10 Å². The Morgan fingerprint density at radius 1 is 1.06 bits per heavy atom. The smallest absolute Gasteiger partial charge is 0.373 e. The van der Waals surface area contributed by atoms with Crippen molar-refractivity contribution in [2.24, 2.45) is 7.05 Å². The second-order valence-corrected chi connectivity index (χ2v) is 9.25. The van der Waals surface area contributed by atoms with Crippen molar-refractivity contribution in [3.8, 4) is 0 Å². The molecule has 0 saturated carbocycles. The Bertz CT molecular complexity index is 1570. The lowest BCUT2D eigenvalue weighted by Gasteiger charge is -2.35. The van der Waals surface area contributed by atoms with Gasteiger partial charge in [0.1, 0.15) is 0 Å². The van der Waals surface area contributed by atoms with E-state index in [9.17, 15) is 4.79 Å². The summed E-state index contributed by atoms with van der Waals surface area (Å²) in [6.45, 7) is 7.13. The summed E-state index contributed by atoms with van der Waals surface area (Å²) in [4.78, 5) is 23.6. The molecule has 0 aliphatic carbocycles. The van der Waals surface area contributed by atoms with Gasteiger partial charge in [-0.25, -0.2) is 14.8 Å². The molecule has 2 atom stereocenters. The Morgan fingerprint density at radius 2 is 1.88 bits per heavy atom. The van der Waals surface area contributed by atoms with Crippen LogP contribution >= 0.6 is 0 Å². The molecule has 5 heterocycles. The van der Waals surface area contributed by atoms with Crippen LogP contribution in [0.5, 0.6) is 0 Å². The minimum atomic E-state index is -0.232. The highest BCUT2D eigenvalue weighted by molar-refractivity contribution is 5.87. The van der Waals surface area contributed by atoms with Crippen LogP contribution in [0, 0.1) is 0 Å². The molecule has 1 aliphatic rings. The molecule has 0 amide bonds. The Morgan fingerprint density at radius 3 is 2.71 bits per heavy atom. The van der Waals surface area contributed by atoms with Gasteiger partial charge in [0.05, 0.1) is 35.9 Å². The van der Waals surface area contributed by atoms with Crippen LogP contribution in [0.25, 0.3) is 27.6 Å². The molecule has 1 fully saturated rings. The van der Waals surface area contributed by atoms with Gasteiger partial charge >= 0.3 is 5.69 Å². The second-order valence-electron chi connectivity index (χ2n) is 9.25. The molecule has 174 valence electrons. The predicted octanol–water partition coefficient (Wildman–Crippen LogP) is 1.40. The average Bonchev–Trinajstić information content (AvgIpc) is 3.44. The van der Waals surface area contributed by atoms with Crippen molar-refractivity contribution in [3.63, 3.8) is 0 Å². The molecule has 0 radical (unpaired) electrons. The molecular formula is C24H27N8O2+. The molecule has 1 aliphatic heterocycles. The molecule has 0 spiro atoms. The maximum atomic E-state index is 13.3. The number of rotatable bonds is 4. The van der Waals surface area contributed by atoms with Crippen molar-refractivity contribution in [1.29, 1.82) is 0 Å². The molecule has 1 aromatic carbocycles. The molecule has 10 nitrogen and oxygen atoms in total. The predicted molar refractivity (Wildman–Crippen MR) is 126 cm³/mol. The molecular weight excluding hydrogens is 432 g/mol. The summed E-state index contributed by atoms with van der Waals surface area (Å²) in [5.74, 6) is 0. The molecule has 1 N–H and O–H groups in total. The van der Waals surface area contributed by atoms with Crippen molar-refractivity contribution < 1.29 is 9.72 Å². The average molecular weight is 460 g/mol. The Kier molecular flexibility index (Phi) is 4.93. The highest BCUT2D eigenvalue weighted by Crippen LogP contribution is 2.20. The van der Waals surface area contributed by atoms with Gasteiger partial charge in [0.15, 0.2) is 5.65 Å². The van der Waals surface area contributed by atoms with Crippen LogP contribution in [0.15, 0.2) is 47.8 Å². The Labute approximate surface area is 195 Å². The number of fused-ring (bicyclic) bond motifs is 4. The standard InChI is InChI=1S/C24H26N8O2/c1-15-10-30(11-16(2)34-15)12-18-6-20-22(25-8-18)31(24(33)32-23(20)26-14-28-32)13-17-4-5-19-9-27-29(3)21(19)7-17/h4-9,14-16H,10-13H2,1-3H3/p+1/t15-,16+. The van der Waals surface area contributed by atoms with Gasteiger partial charge in [-0.05, 0) is 41.6 Å². The number of aromatic amines is 1. The van der Waals surface area contributed by atoms with Gasteiger partial charge in [-0.3, -0.25) is 14.1 Å². The monoisotopic (exact) mass is 459 g/mol. The zero-order valence-electron chi connectivity index (χ0n) is 19.5. The lowest BCUT2D eigenvalue weighted by Crippen LogP contribution is -2.44. The Hall–Kier alpha value is -3.63. The van der Waals surface area contributed by atoms with Gasteiger partial charge < -0.3 is 4.74 Å². The molecule has 0 unspecified atom stereocenters. The largest absolute Gasteiger partial charge is 0.425 e. The number of aromatic nitrogens is 7. The van der Waals surface area contributed by atoms with E-state index in [1.807, 2.05) is 36.3 Å². The number of hydrogen-bond acceptors (Lipinski definition) is 6. The summed E-state index contributed by atoms with van der Waals surface area (Å²) in [7, 11) is 1.92. The number of benzene rings is 1. The summed E-state index contributed by atoms with van der Waals surface area (Å²) in [6.07, 6.45) is 5.66. The van der Waals surface area contributed by atoms with E-state index in [0.717, 1.165) is 47.1 Å². The minimum Gasteiger partial charge on any atom is -0.373 e. The molecule has 5 aromatic rings. The van der Waals surface area contributed by atoms with Crippen LogP contribution in [-0.2, 0) is 24.9 Å². The number of hydrogen-bond donors (Lipinski definition) is 0. The molecule has 1 saturated heterocycles. The highest BCUT2D eigenvalue weighted by atomic mass is 16.5. The third-order valence-corrected chi connectivity index (χ3v) is 6.49. The molecule has 34 heavy (non-hydrogen) atoms. The summed E-state index contributed by atoms with van der Waals surface area (Å²) in [6, 6.07) is 8.23. The van der Waals surface area contributed by atoms with Crippen molar-refractivity contribution in [3.05, 3.63) is 64.6 Å². The van der Waals surface area contributed by atoms with Crippen LogP contribution in [0.1, 0.15) is 25.0 Å². The Balaban J connectivity index is 1.43. The lowest BCUT2D eigenvalue weighted by atomic mass is 10.1. The lowest BCUT2D eigenvalue weighted by molar-refractivity contribution is -0.345. The van der Waals surface area contributed by atoms with Gasteiger partial charge in [0.2, 0.25) is 0 Å². The topological polar surface area (TPSA) is 96.6 Å². The quantitative estimate of drug-likeness (QED) is 0.403. The first-order chi connectivity index (χ1) is 16.5. The van der Waals surface area contributed by atoms with E-state index in [2.05, 4.69) is 46.1 Å². The first kappa shape index (κ1) is 20.9. The fourth-order valence-corrected chi connectivity index (χ4v) is 5.07. The van der Waals surface area contributed by atoms with Crippen molar-refractivity contribution >= 4 is 27.6 Å². The number of nitrogens with one attached hydrogen (secondary N) is 1. The SMILES string of the molecule is C[C@@H]1CN(Cc2cnc3c(c2)c2[nH+]cnn2c(=O)n3Cc2ccc3cnn(C)c3c2)C[C@H](C)O1. The summed E-state index contributed by atoms with van der Waals surface area (Å²) in [5, 5.41) is 10.5. The van der Waals surface area contributed by atoms with E-state index in [1.54, 1.807) is 10.9 Å². The van der Waals surface area contributed by atoms with Crippen LogP contribution in [0.2, 0.25) is 0 Å². The number of aryl methyl sites for hydroxylation is 1. The number of H-pyrrole nitrogens is 1. The van der Waals surface area contributed by atoms with Gasteiger partial charge in [0.25, 0.3) is 12.0 Å². The molecule has 10 heteroatoms. The first-order valence-electron chi connectivity index (χ1n) is 11.5. The maximum Gasteiger partial charge on any atom is 0.425 e. The number of pyridine rings is 1. The van der Waals surface area contributed by atoms with Crippen LogP contribution < -0.4 is 10.7 Å². The molecule has 4 aromatic heterocycles. The van der Waals surface area contributed by atoms with Gasteiger partial charge in [-0.1, -0.05) is 12.1 Å². The van der Waals surface area contributed by atoms with E-state index < -0.39 is 0 Å². The van der Waals surface area contributed by atoms with Crippen LogP contribution in [0.3, 0.4) is 0 Å². The van der Waals surface area contributed by atoms with Crippen molar-refractivity contribution in [2.75, 3.05) is 13.1 Å². The van der Waals surface area contributed by atoms with Crippen LogP contribution in [0.4, 0.5) is 0 Å². The zero-order valence-corrected chi connectivity index (χ0v) is 19.5. The van der Waals surface area contributed by atoms with Crippen molar-refractivity contribution in [1.82, 2.24) is 33.8 Å². The number of nitrogens with zero attached hydrogens (tertiary/aromatic N) is 7. The van der Waals surface area contributed by atoms with E-state index in [1.165, 1.54) is 4.52 Å². The fraction of sp³-hybridized carbons (Fsp3) is 0.375. The van der Waals surface area contributed by atoms with Gasteiger partial charge in [-0.15, -0.1) is 0 Å². The summed E-state index contributed by atoms with van der Waals surface area (Å²) < 4.78 is 10.8. The highest BCUT2D eigenvalue weighted by Gasteiger charge is 2.24.